The van der Waals surface area contributed by atoms with Gasteiger partial charge in [0.25, 0.3) is 0 Å². The molecule has 7 heteroatoms. The van der Waals surface area contributed by atoms with E-state index in [9.17, 15) is 32.3 Å². The topological polar surface area (TPSA) is 68.3 Å². The molecule has 1 fully saturated rings. The van der Waals surface area contributed by atoms with Gasteiger partial charge in [-0.3, -0.25) is 19.2 Å². The van der Waals surface area contributed by atoms with Gasteiger partial charge in [0, 0.05) is 6.42 Å². The molecule has 0 N–H and O–H groups in total. The van der Waals surface area contributed by atoms with Gasteiger partial charge in [-0.2, -0.15) is 13.2 Å². The maximum absolute atomic E-state index is 14.0. The predicted molar refractivity (Wildman–Crippen MR) is 141 cm³/mol. The summed E-state index contributed by atoms with van der Waals surface area (Å²) in [6.07, 6.45) is -1.63. The van der Waals surface area contributed by atoms with Crippen LogP contribution in [0.5, 0.6) is 0 Å². The molecule has 1 saturated carbocycles. The van der Waals surface area contributed by atoms with E-state index in [0.717, 1.165) is 12.1 Å². The highest BCUT2D eigenvalue weighted by Crippen LogP contribution is 2.45. The number of hydrogen-bond acceptors (Lipinski definition) is 4. The van der Waals surface area contributed by atoms with Gasteiger partial charge < -0.3 is 0 Å². The molecule has 0 spiro atoms. The molecule has 4 nitrogen and oxygen atoms in total. The first kappa shape index (κ1) is 31.9. The molecule has 38 heavy (non-hydrogen) atoms. The SMILES string of the molecule is CC(C)CCC1C(=O)C(C(=O)CCc2ccc(C(F)(F)F)cc2)C(=O)C(CCC(C)C)(CCC(C)C)C1=O. The van der Waals surface area contributed by atoms with Crippen LogP contribution >= 0.6 is 0 Å². The Morgan fingerprint density at radius 3 is 1.76 bits per heavy atom. The van der Waals surface area contributed by atoms with Crippen molar-refractivity contribution in [1.82, 2.24) is 0 Å². The van der Waals surface area contributed by atoms with E-state index in [1.165, 1.54) is 12.1 Å². The van der Waals surface area contributed by atoms with Gasteiger partial charge in [0.05, 0.1) is 16.9 Å². The normalized spacial score (nSPS) is 20.2. The number of carbonyl (C=O) groups excluding carboxylic acids is 4. The fourth-order valence-electron chi connectivity index (χ4n) is 5.23. The molecule has 1 aliphatic carbocycles. The van der Waals surface area contributed by atoms with Crippen molar-refractivity contribution in [2.24, 2.45) is 35.0 Å². The number of Topliss-reactive ketones (excluding diaryl/α,β-unsaturated/α-hetero) is 4. The maximum Gasteiger partial charge on any atom is 0.416 e. The zero-order valence-electron chi connectivity index (χ0n) is 23.6. The Balaban J connectivity index is 2.39. The summed E-state index contributed by atoms with van der Waals surface area (Å²) in [6, 6.07) is 4.54. The Morgan fingerprint density at radius 1 is 0.816 bits per heavy atom. The highest BCUT2D eigenvalue weighted by Gasteiger charge is 2.59. The van der Waals surface area contributed by atoms with Crippen molar-refractivity contribution < 1.29 is 32.3 Å². The largest absolute Gasteiger partial charge is 0.416 e. The number of alkyl halides is 3. The summed E-state index contributed by atoms with van der Waals surface area (Å²) in [4.78, 5) is 54.9. The summed E-state index contributed by atoms with van der Waals surface area (Å²) >= 11 is 0. The van der Waals surface area contributed by atoms with E-state index in [0.29, 0.717) is 44.1 Å². The Kier molecular flexibility index (Phi) is 11.1. The average Bonchev–Trinajstić information content (AvgIpc) is 2.81. The van der Waals surface area contributed by atoms with E-state index in [1.807, 2.05) is 41.5 Å². The van der Waals surface area contributed by atoms with Gasteiger partial charge in [0.1, 0.15) is 5.92 Å². The van der Waals surface area contributed by atoms with E-state index in [-0.39, 0.29) is 36.4 Å². The number of hydrogen-bond donors (Lipinski definition) is 0. The molecule has 0 bridgehead atoms. The molecule has 0 aliphatic heterocycles. The first-order chi connectivity index (χ1) is 17.6. The van der Waals surface area contributed by atoms with Gasteiger partial charge in [-0.1, -0.05) is 53.7 Å². The second-order valence-corrected chi connectivity index (χ2v) is 12.2. The first-order valence-electron chi connectivity index (χ1n) is 13.9. The smallest absolute Gasteiger partial charge is 0.298 e. The summed E-state index contributed by atoms with van der Waals surface area (Å²) < 4.78 is 38.7. The monoisotopic (exact) mass is 536 g/mol. The van der Waals surface area contributed by atoms with Gasteiger partial charge in [0.2, 0.25) is 0 Å². The van der Waals surface area contributed by atoms with Gasteiger partial charge in [-0.15, -0.1) is 0 Å². The van der Waals surface area contributed by atoms with Gasteiger partial charge >= 0.3 is 6.18 Å². The minimum atomic E-state index is -4.46. The lowest BCUT2D eigenvalue weighted by Crippen LogP contribution is -2.58. The summed E-state index contributed by atoms with van der Waals surface area (Å²) in [6.45, 7) is 12.1. The Bertz CT molecular complexity index is 977. The fraction of sp³-hybridized carbons (Fsp3) is 0.677. The lowest BCUT2D eigenvalue weighted by Gasteiger charge is -2.41. The molecular formula is C31H43F3O4. The number of halogens is 3. The minimum absolute atomic E-state index is 0.115. The summed E-state index contributed by atoms with van der Waals surface area (Å²) in [5.74, 6) is -3.74. The van der Waals surface area contributed by atoms with Crippen LogP contribution in [0.2, 0.25) is 0 Å². The second kappa shape index (κ2) is 13.2. The molecule has 1 aromatic rings. The molecule has 2 unspecified atom stereocenters. The van der Waals surface area contributed by atoms with E-state index in [1.54, 1.807) is 0 Å². The molecule has 0 amide bonds. The zero-order chi connectivity index (χ0) is 28.8. The van der Waals surface area contributed by atoms with Crippen LogP contribution in [0.15, 0.2) is 24.3 Å². The summed E-state index contributed by atoms with van der Waals surface area (Å²) in [7, 11) is 0. The third-order valence-corrected chi connectivity index (χ3v) is 7.74. The van der Waals surface area contributed by atoms with Crippen molar-refractivity contribution in [1.29, 1.82) is 0 Å². The van der Waals surface area contributed by atoms with E-state index < -0.39 is 46.3 Å². The van der Waals surface area contributed by atoms with Crippen LogP contribution in [0.1, 0.15) is 97.6 Å². The molecule has 2 rings (SSSR count). The van der Waals surface area contributed by atoms with E-state index in [4.69, 9.17) is 0 Å². The molecule has 0 heterocycles. The third-order valence-electron chi connectivity index (χ3n) is 7.74. The molecular weight excluding hydrogens is 493 g/mol. The van der Waals surface area contributed by atoms with Crippen LogP contribution in [0.25, 0.3) is 0 Å². The predicted octanol–water partition coefficient (Wildman–Crippen LogP) is 7.46. The quantitative estimate of drug-likeness (QED) is 0.246. The van der Waals surface area contributed by atoms with Gasteiger partial charge in [0.15, 0.2) is 23.1 Å². The number of rotatable bonds is 13. The molecule has 2 atom stereocenters. The highest BCUT2D eigenvalue weighted by atomic mass is 19.4. The van der Waals surface area contributed by atoms with Gasteiger partial charge in [-0.25, -0.2) is 0 Å². The van der Waals surface area contributed by atoms with Crippen molar-refractivity contribution in [3.63, 3.8) is 0 Å². The molecule has 212 valence electrons. The molecule has 0 aromatic heterocycles. The Labute approximate surface area is 225 Å². The van der Waals surface area contributed by atoms with E-state index in [2.05, 4.69) is 0 Å². The lowest BCUT2D eigenvalue weighted by atomic mass is 9.57. The molecule has 1 aromatic carbocycles. The van der Waals surface area contributed by atoms with Crippen LogP contribution in [0.4, 0.5) is 13.2 Å². The third kappa shape index (κ3) is 7.86. The van der Waals surface area contributed by atoms with E-state index >= 15 is 0 Å². The molecule has 1 aliphatic rings. The fourth-order valence-corrected chi connectivity index (χ4v) is 5.23. The number of aryl methyl sites for hydroxylation is 1. The number of ketones is 4. The second-order valence-electron chi connectivity index (χ2n) is 12.2. The van der Waals surface area contributed by atoms with Crippen molar-refractivity contribution >= 4 is 23.1 Å². The average molecular weight is 537 g/mol. The highest BCUT2D eigenvalue weighted by molar-refractivity contribution is 6.33. The van der Waals surface area contributed by atoms with Crippen LogP contribution in [-0.4, -0.2) is 23.1 Å². The standard InChI is InChI=1S/C31H43F3O4/c1-19(2)7-13-24-27(36)26(25(35)14-10-22-8-11-23(12-9-22)31(32,33)34)29(38)30(28(24)37,17-15-20(3)4)18-16-21(5)6/h8-9,11-12,19-21,24,26H,7,10,13-18H2,1-6H3. The van der Waals surface area contributed by atoms with Crippen LogP contribution in [-0.2, 0) is 31.8 Å². The van der Waals surface area contributed by atoms with Crippen LogP contribution in [0, 0.1) is 35.0 Å². The van der Waals surface area contributed by atoms with Crippen molar-refractivity contribution in [2.45, 2.75) is 99.1 Å². The van der Waals surface area contributed by atoms with Crippen molar-refractivity contribution in [3.05, 3.63) is 35.4 Å². The first-order valence-corrected chi connectivity index (χ1v) is 13.9. The number of carbonyl (C=O) groups is 4. The Hall–Kier alpha value is -2.31. The van der Waals surface area contributed by atoms with Crippen LogP contribution in [0.3, 0.4) is 0 Å². The maximum atomic E-state index is 14.0. The Morgan fingerprint density at radius 2 is 1.32 bits per heavy atom. The van der Waals surface area contributed by atoms with Gasteiger partial charge in [-0.05, 0) is 80.4 Å². The minimum Gasteiger partial charge on any atom is -0.298 e. The van der Waals surface area contributed by atoms with Crippen molar-refractivity contribution in [3.8, 4) is 0 Å². The van der Waals surface area contributed by atoms with Crippen molar-refractivity contribution in [2.75, 3.05) is 0 Å². The lowest BCUT2D eigenvalue weighted by molar-refractivity contribution is -0.160. The molecule has 0 saturated heterocycles. The van der Waals surface area contributed by atoms with Crippen LogP contribution < -0.4 is 0 Å². The number of benzene rings is 1. The molecule has 0 radical (unpaired) electrons. The summed E-state index contributed by atoms with van der Waals surface area (Å²) in [5.41, 5.74) is -1.61. The zero-order valence-corrected chi connectivity index (χ0v) is 23.6. The summed E-state index contributed by atoms with van der Waals surface area (Å²) in [5, 5.41) is 0.